The predicted octanol–water partition coefficient (Wildman–Crippen LogP) is 1.07. The molecule has 1 amide bonds. The Morgan fingerprint density at radius 1 is 1.41 bits per heavy atom. The minimum Gasteiger partial charge on any atom is -0.325 e. The predicted molar refractivity (Wildman–Crippen MR) is 62.1 cm³/mol. The Hall–Kier alpha value is -2.21. The van der Waals surface area contributed by atoms with E-state index in [4.69, 9.17) is 11.6 Å². The van der Waals surface area contributed by atoms with Gasteiger partial charge in [0.15, 0.2) is 0 Å². The molecule has 0 radical (unpaired) electrons. The zero-order valence-electron chi connectivity index (χ0n) is 8.48. The SMILES string of the molecule is O=C(Nc1cnccc1Cl)c1c[nH]c(=O)cn1. The number of anilines is 1. The van der Waals surface area contributed by atoms with E-state index in [2.05, 4.69) is 20.3 Å². The van der Waals surface area contributed by atoms with E-state index in [1.165, 1.54) is 18.6 Å². The largest absolute Gasteiger partial charge is 0.325 e. The third-order valence-corrected chi connectivity index (χ3v) is 2.25. The van der Waals surface area contributed by atoms with Gasteiger partial charge in [0.1, 0.15) is 5.69 Å². The second-order valence-corrected chi connectivity index (χ2v) is 3.51. The number of pyridine rings is 1. The van der Waals surface area contributed by atoms with Crippen LogP contribution in [0.5, 0.6) is 0 Å². The third kappa shape index (κ3) is 2.67. The molecule has 0 saturated heterocycles. The molecule has 0 spiro atoms. The van der Waals surface area contributed by atoms with Crippen LogP contribution in [0.1, 0.15) is 10.5 Å². The molecule has 0 unspecified atom stereocenters. The zero-order chi connectivity index (χ0) is 12.3. The van der Waals surface area contributed by atoms with Crippen molar-refractivity contribution in [3.05, 3.63) is 51.9 Å². The average Bonchev–Trinajstić information content (AvgIpc) is 2.33. The minimum atomic E-state index is -0.476. The Morgan fingerprint density at radius 2 is 2.24 bits per heavy atom. The number of hydrogen-bond donors (Lipinski definition) is 2. The molecule has 0 aliphatic carbocycles. The van der Waals surface area contributed by atoms with Crippen LogP contribution in [-0.4, -0.2) is 20.9 Å². The van der Waals surface area contributed by atoms with E-state index >= 15 is 0 Å². The summed E-state index contributed by atoms with van der Waals surface area (Å²) in [5.41, 5.74) is 0.0950. The maximum Gasteiger partial charge on any atom is 0.275 e. The zero-order valence-corrected chi connectivity index (χ0v) is 9.23. The van der Waals surface area contributed by atoms with E-state index in [9.17, 15) is 9.59 Å². The molecule has 86 valence electrons. The Kier molecular flexibility index (Phi) is 3.15. The quantitative estimate of drug-likeness (QED) is 0.835. The van der Waals surface area contributed by atoms with Crippen LogP contribution < -0.4 is 10.9 Å². The van der Waals surface area contributed by atoms with Crippen LogP contribution in [0.2, 0.25) is 5.02 Å². The maximum absolute atomic E-state index is 11.7. The van der Waals surface area contributed by atoms with Crippen LogP contribution in [0.4, 0.5) is 5.69 Å². The summed E-state index contributed by atoms with van der Waals surface area (Å²) in [7, 11) is 0. The summed E-state index contributed by atoms with van der Waals surface area (Å²) in [6.45, 7) is 0. The lowest BCUT2D eigenvalue weighted by Crippen LogP contribution is -2.17. The maximum atomic E-state index is 11.7. The fraction of sp³-hybridized carbons (Fsp3) is 0. The van der Waals surface area contributed by atoms with Crippen molar-refractivity contribution in [1.29, 1.82) is 0 Å². The highest BCUT2D eigenvalue weighted by molar-refractivity contribution is 6.33. The molecule has 2 heterocycles. The van der Waals surface area contributed by atoms with Gasteiger partial charge in [-0.1, -0.05) is 11.6 Å². The number of aromatic amines is 1. The smallest absolute Gasteiger partial charge is 0.275 e. The lowest BCUT2D eigenvalue weighted by molar-refractivity contribution is 0.102. The Labute approximate surface area is 101 Å². The summed E-state index contributed by atoms with van der Waals surface area (Å²) in [5, 5.41) is 2.90. The summed E-state index contributed by atoms with van der Waals surface area (Å²) in [5.74, 6) is -0.476. The molecule has 0 aliphatic rings. The first-order chi connectivity index (χ1) is 8.16. The summed E-state index contributed by atoms with van der Waals surface area (Å²) < 4.78 is 0. The lowest BCUT2D eigenvalue weighted by atomic mass is 10.3. The van der Waals surface area contributed by atoms with Gasteiger partial charge in [-0.05, 0) is 6.07 Å². The van der Waals surface area contributed by atoms with Crippen molar-refractivity contribution in [1.82, 2.24) is 15.0 Å². The van der Waals surface area contributed by atoms with Crippen LogP contribution in [0, 0.1) is 0 Å². The van der Waals surface area contributed by atoms with Gasteiger partial charge in [0.2, 0.25) is 0 Å². The minimum absolute atomic E-state index is 0.0875. The molecule has 6 nitrogen and oxygen atoms in total. The first-order valence-electron chi connectivity index (χ1n) is 4.62. The fourth-order valence-corrected chi connectivity index (χ4v) is 1.27. The van der Waals surface area contributed by atoms with Gasteiger partial charge in [0.25, 0.3) is 11.5 Å². The monoisotopic (exact) mass is 250 g/mol. The molecule has 17 heavy (non-hydrogen) atoms. The molecule has 0 aliphatic heterocycles. The molecule has 2 N–H and O–H groups in total. The molecule has 2 rings (SSSR count). The van der Waals surface area contributed by atoms with E-state index in [0.717, 1.165) is 6.20 Å². The lowest BCUT2D eigenvalue weighted by Gasteiger charge is -2.04. The van der Waals surface area contributed by atoms with Gasteiger partial charge in [0, 0.05) is 12.4 Å². The van der Waals surface area contributed by atoms with Crippen molar-refractivity contribution in [2.24, 2.45) is 0 Å². The molecule has 0 aromatic carbocycles. The van der Waals surface area contributed by atoms with Crippen LogP contribution in [0.3, 0.4) is 0 Å². The van der Waals surface area contributed by atoms with Gasteiger partial charge < -0.3 is 10.3 Å². The standard InChI is InChI=1S/C10H7ClN4O2/c11-6-1-2-12-3-7(6)15-10(17)8-4-14-9(16)5-13-8/h1-5H,(H,14,16)(H,15,17). The van der Waals surface area contributed by atoms with Gasteiger partial charge in [-0.3, -0.25) is 14.6 Å². The third-order valence-electron chi connectivity index (χ3n) is 1.92. The van der Waals surface area contributed by atoms with E-state index in [-0.39, 0.29) is 11.3 Å². The summed E-state index contributed by atoms with van der Waals surface area (Å²) >= 11 is 5.85. The van der Waals surface area contributed by atoms with Crippen LogP contribution in [-0.2, 0) is 0 Å². The molecule has 0 atom stereocenters. The van der Waals surface area contributed by atoms with Crippen molar-refractivity contribution in [3.63, 3.8) is 0 Å². The normalized spacial score (nSPS) is 9.94. The van der Waals surface area contributed by atoms with Crippen molar-refractivity contribution in [2.75, 3.05) is 5.32 Å². The molecule has 2 aromatic heterocycles. The second-order valence-electron chi connectivity index (χ2n) is 3.11. The Bertz CT molecular complexity index is 591. The van der Waals surface area contributed by atoms with Gasteiger partial charge >= 0.3 is 0 Å². The summed E-state index contributed by atoms with van der Waals surface area (Å²) in [6, 6.07) is 1.55. The number of aromatic nitrogens is 3. The highest BCUT2D eigenvalue weighted by Crippen LogP contribution is 2.19. The van der Waals surface area contributed by atoms with E-state index < -0.39 is 5.91 Å². The number of carbonyl (C=O) groups excluding carboxylic acids is 1. The summed E-state index contributed by atoms with van der Waals surface area (Å²) in [4.78, 5) is 32.3. The number of hydrogen-bond acceptors (Lipinski definition) is 4. The Morgan fingerprint density at radius 3 is 2.88 bits per heavy atom. The van der Waals surface area contributed by atoms with Crippen molar-refractivity contribution in [2.45, 2.75) is 0 Å². The average molecular weight is 251 g/mol. The van der Waals surface area contributed by atoms with Crippen LogP contribution in [0.25, 0.3) is 0 Å². The molecular formula is C10H7ClN4O2. The molecule has 7 heteroatoms. The number of nitrogens with zero attached hydrogens (tertiary/aromatic N) is 2. The topological polar surface area (TPSA) is 87.7 Å². The van der Waals surface area contributed by atoms with Crippen molar-refractivity contribution >= 4 is 23.2 Å². The van der Waals surface area contributed by atoms with Gasteiger partial charge in [-0.25, -0.2) is 4.98 Å². The highest BCUT2D eigenvalue weighted by Gasteiger charge is 2.09. The van der Waals surface area contributed by atoms with Gasteiger partial charge in [-0.15, -0.1) is 0 Å². The van der Waals surface area contributed by atoms with Crippen LogP contribution in [0.15, 0.2) is 35.6 Å². The number of carbonyl (C=O) groups is 1. The molecule has 2 aromatic rings. The summed E-state index contributed by atoms with van der Waals surface area (Å²) in [6.07, 6.45) is 5.18. The molecule has 0 fully saturated rings. The second kappa shape index (κ2) is 4.75. The fourth-order valence-electron chi connectivity index (χ4n) is 1.12. The van der Waals surface area contributed by atoms with Gasteiger partial charge in [-0.2, -0.15) is 0 Å². The van der Waals surface area contributed by atoms with E-state index in [0.29, 0.717) is 10.7 Å². The number of halogens is 1. The van der Waals surface area contributed by atoms with Gasteiger partial charge in [0.05, 0.1) is 23.1 Å². The molecule has 0 saturated carbocycles. The first-order valence-corrected chi connectivity index (χ1v) is 5.00. The molecule has 0 bridgehead atoms. The first kappa shape index (κ1) is 11.3. The van der Waals surface area contributed by atoms with E-state index in [1.54, 1.807) is 6.07 Å². The van der Waals surface area contributed by atoms with Crippen molar-refractivity contribution < 1.29 is 4.79 Å². The molecular weight excluding hydrogens is 244 g/mol. The number of amides is 1. The highest BCUT2D eigenvalue weighted by atomic mass is 35.5. The number of rotatable bonds is 2. The van der Waals surface area contributed by atoms with Crippen molar-refractivity contribution in [3.8, 4) is 0 Å². The van der Waals surface area contributed by atoms with E-state index in [1.807, 2.05) is 0 Å². The Balaban J connectivity index is 2.20. The number of H-pyrrole nitrogens is 1. The number of nitrogens with one attached hydrogen (secondary N) is 2. The van der Waals surface area contributed by atoms with Crippen LogP contribution >= 0.6 is 11.6 Å².